The first-order valence-corrected chi connectivity index (χ1v) is 5.79. The molecule has 0 unspecified atom stereocenters. The first kappa shape index (κ1) is 11.4. The molecule has 1 N–H and O–H groups in total. The molecule has 0 aliphatic rings. The van der Waals surface area contributed by atoms with Crippen molar-refractivity contribution in [3.63, 3.8) is 0 Å². The van der Waals surface area contributed by atoms with Gasteiger partial charge < -0.3 is 9.84 Å². The Balaban J connectivity index is 2.02. The van der Waals surface area contributed by atoms with Crippen LogP contribution in [-0.2, 0) is 6.61 Å². The van der Waals surface area contributed by atoms with Crippen molar-refractivity contribution in [3.8, 4) is 17.1 Å². The van der Waals surface area contributed by atoms with Crippen molar-refractivity contribution in [1.82, 2.24) is 4.98 Å². The zero-order chi connectivity index (χ0) is 12.3. The van der Waals surface area contributed by atoms with Crippen LogP contribution in [-0.4, -0.2) is 10.1 Å². The van der Waals surface area contributed by atoms with E-state index in [1.54, 1.807) is 0 Å². The molecule has 2 aromatic rings. The Bertz CT molecular complexity index is 555. The maximum Gasteiger partial charge on any atom is 0.278 e. The number of aromatic nitrogens is 1. The number of aryl methyl sites for hydroxylation is 1. The highest BCUT2D eigenvalue weighted by Gasteiger charge is 2.10. The molecule has 1 heterocycles. The van der Waals surface area contributed by atoms with E-state index in [9.17, 15) is 5.11 Å². The van der Waals surface area contributed by atoms with Crippen molar-refractivity contribution in [2.24, 2.45) is 0 Å². The molecular formula is C12H10N2O2S. The number of nitrogens with zero attached hydrogens (tertiary/aromatic N) is 2. The van der Waals surface area contributed by atoms with Crippen molar-refractivity contribution < 1.29 is 9.84 Å². The zero-order valence-corrected chi connectivity index (χ0v) is 9.99. The summed E-state index contributed by atoms with van der Waals surface area (Å²) in [5.74, 6) is -0.267. The Morgan fingerprint density at radius 3 is 2.71 bits per heavy atom. The van der Waals surface area contributed by atoms with Crippen molar-refractivity contribution >= 4 is 11.3 Å². The Morgan fingerprint density at radius 1 is 1.41 bits per heavy atom. The smallest absolute Gasteiger partial charge is 0.278 e. The summed E-state index contributed by atoms with van der Waals surface area (Å²) in [5.41, 5.74) is 2.20. The second-order valence-corrected chi connectivity index (χ2v) is 4.48. The fourth-order valence-corrected chi connectivity index (χ4v) is 1.86. The van der Waals surface area contributed by atoms with Gasteiger partial charge in [-0.3, -0.25) is 0 Å². The molecule has 86 valence electrons. The molecular weight excluding hydrogens is 236 g/mol. The predicted octanol–water partition coefficient (Wildman–Crippen LogP) is 2.61. The van der Waals surface area contributed by atoms with E-state index in [4.69, 9.17) is 10.00 Å². The Morgan fingerprint density at radius 2 is 2.12 bits per heavy atom. The molecule has 0 amide bonds. The van der Waals surface area contributed by atoms with Gasteiger partial charge in [-0.1, -0.05) is 41.2 Å². The lowest BCUT2D eigenvalue weighted by Gasteiger charge is -2.02. The molecule has 0 bridgehead atoms. The standard InChI is InChI=1S/C12H10N2O2S/c1-8-2-4-9(5-3-8)7-16-12-14-11(15)10(6-13)17-12/h2-5,15H,7H2,1H3. The normalized spacial score (nSPS) is 9.88. The van der Waals surface area contributed by atoms with Gasteiger partial charge in [-0.15, -0.1) is 0 Å². The van der Waals surface area contributed by atoms with E-state index in [0.717, 1.165) is 16.9 Å². The van der Waals surface area contributed by atoms with E-state index < -0.39 is 0 Å². The van der Waals surface area contributed by atoms with Crippen LogP contribution in [0.1, 0.15) is 16.0 Å². The lowest BCUT2D eigenvalue weighted by Crippen LogP contribution is -1.94. The van der Waals surface area contributed by atoms with Gasteiger partial charge in [0.05, 0.1) is 0 Å². The van der Waals surface area contributed by atoms with Crippen LogP contribution >= 0.6 is 11.3 Å². The van der Waals surface area contributed by atoms with Crippen LogP contribution in [0.4, 0.5) is 0 Å². The molecule has 4 nitrogen and oxygen atoms in total. The molecule has 0 fully saturated rings. The van der Waals surface area contributed by atoms with Crippen LogP contribution in [0.15, 0.2) is 24.3 Å². The van der Waals surface area contributed by atoms with Gasteiger partial charge in [-0.25, -0.2) is 0 Å². The van der Waals surface area contributed by atoms with Gasteiger partial charge in [0.2, 0.25) is 5.88 Å². The van der Waals surface area contributed by atoms with Gasteiger partial charge in [0.25, 0.3) is 5.19 Å². The highest BCUT2D eigenvalue weighted by molar-refractivity contribution is 7.14. The average molecular weight is 246 g/mol. The molecule has 0 atom stereocenters. The van der Waals surface area contributed by atoms with Gasteiger partial charge in [-0.2, -0.15) is 10.2 Å². The van der Waals surface area contributed by atoms with Crippen molar-refractivity contribution in [2.45, 2.75) is 13.5 Å². The molecule has 1 aromatic heterocycles. The van der Waals surface area contributed by atoms with Gasteiger partial charge in [0.1, 0.15) is 12.7 Å². The van der Waals surface area contributed by atoms with Gasteiger partial charge in [0.15, 0.2) is 4.88 Å². The van der Waals surface area contributed by atoms with E-state index in [1.807, 2.05) is 37.3 Å². The van der Waals surface area contributed by atoms with E-state index in [1.165, 1.54) is 5.56 Å². The Labute approximate surface area is 103 Å². The average Bonchev–Trinajstić information content (AvgIpc) is 2.69. The van der Waals surface area contributed by atoms with Gasteiger partial charge in [-0.05, 0) is 12.5 Å². The van der Waals surface area contributed by atoms with Crippen LogP contribution in [0.2, 0.25) is 0 Å². The maximum absolute atomic E-state index is 9.26. The second kappa shape index (κ2) is 4.85. The van der Waals surface area contributed by atoms with Gasteiger partial charge >= 0.3 is 0 Å². The molecule has 0 spiro atoms. The lowest BCUT2D eigenvalue weighted by atomic mass is 10.2. The third kappa shape index (κ3) is 2.74. The molecule has 17 heavy (non-hydrogen) atoms. The molecule has 0 aliphatic carbocycles. The molecule has 5 heteroatoms. The first-order valence-electron chi connectivity index (χ1n) is 4.97. The molecule has 0 saturated carbocycles. The van der Waals surface area contributed by atoms with Crippen molar-refractivity contribution in [1.29, 1.82) is 5.26 Å². The molecule has 2 rings (SSSR count). The van der Waals surface area contributed by atoms with Crippen LogP contribution in [0.5, 0.6) is 11.1 Å². The SMILES string of the molecule is Cc1ccc(COc2nc(O)c(C#N)s2)cc1. The lowest BCUT2D eigenvalue weighted by molar-refractivity contribution is 0.300. The minimum atomic E-state index is -0.267. The monoisotopic (exact) mass is 246 g/mol. The molecule has 0 aliphatic heterocycles. The summed E-state index contributed by atoms with van der Waals surface area (Å²) in [4.78, 5) is 3.91. The number of rotatable bonds is 3. The van der Waals surface area contributed by atoms with Crippen LogP contribution in [0, 0.1) is 18.3 Å². The summed E-state index contributed by atoms with van der Waals surface area (Å²) in [7, 11) is 0. The maximum atomic E-state index is 9.26. The summed E-state index contributed by atoms with van der Waals surface area (Å²) in [5, 5.41) is 18.2. The second-order valence-electron chi connectivity index (χ2n) is 3.52. The summed E-state index contributed by atoms with van der Waals surface area (Å²) in [6, 6.07) is 9.78. The third-order valence-electron chi connectivity index (χ3n) is 2.17. The predicted molar refractivity (Wildman–Crippen MR) is 64.0 cm³/mol. The van der Waals surface area contributed by atoms with E-state index in [-0.39, 0.29) is 10.8 Å². The highest BCUT2D eigenvalue weighted by Crippen LogP contribution is 2.29. The first-order chi connectivity index (χ1) is 8.19. The quantitative estimate of drug-likeness (QED) is 0.904. The van der Waals surface area contributed by atoms with Gasteiger partial charge in [0, 0.05) is 0 Å². The Kier molecular flexibility index (Phi) is 3.26. The number of nitriles is 1. The van der Waals surface area contributed by atoms with E-state index in [2.05, 4.69) is 4.98 Å². The van der Waals surface area contributed by atoms with E-state index >= 15 is 0 Å². The van der Waals surface area contributed by atoms with Crippen molar-refractivity contribution in [3.05, 3.63) is 40.3 Å². The van der Waals surface area contributed by atoms with Crippen LogP contribution < -0.4 is 4.74 Å². The Hall–Kier alpha value is -2.06. The number of benzene rings is 1. The number of hydrogen-bond donors (Lipinski definition) is 1. The molecule has 1 aromatic carbocycles. The number of aromatic hydroxyl groups is 1. The third-order valence-corrected chi connectivity index (χ3v) is 3.04. The largest absolute Gasteiger partial charge is 0.492 e. The highest BCUT2D eigenvalue weighted by atomic mass is 32.1. The van der Waals surface area contributed by atoms with E-state index in [0.29, 0.717) is 11.8 Å². The van der Waals surface area contributed by atoms with Crippen LogP contribution in [0.25, 0.3) is 0 Å². The molecule has 0 saturated heterocycles. The topological polar surface area (TPSA) is 66.1 Å². The minimum absolute atomic E-state index is 0.170. The summed E-state index contributed by atoms with van der Waals surface area (Å²) >= 11 is 1.04. The minimum Gasteiger partial charge on any atom is -0.492 e. The summed E-state index contributed by atoms with van der Waals surface area (Å²) in [6.07, 6.45) is 0. The zero-order valence-electron chi connectivity index (χ0n) is 9.17. The number of hydrogen-bond acceptors (Lipinski definition) is 5. The number of ether oxygens (including phenoxy) is 1. The fourth-order valence-electron chi connectivity index (χ4n) is 1.26. The number of thiazole rings is 1. The summed E-state index contributed by atoms with van der Waals surface area (Å²) in [6.45, 7) is 2.39. The molecule has 0 radical (unpaired) electrons. The fraction of sp³-hybridized carbons (Fsp3) is 0.167. The van der Waals surface area contributed by atoms with Crippen LogP contribution in [0.3, 0.4) is 0 Å². The summed E-state index contributed by atoms with van der Waals surface area (Å²) < 4.78 is 5.39. The van der Waals surface area contributed by atoms with Crippen molar-refractivity contribution in [2.75, 3.05) is 0 Å².